The van der Waals surface area contributed by atoms with E-state index in [1.54, 1.807) is 6.07 Å². The second-order valence-electron chi connectivity index (χ2n) is 4.25. The van der Waals surface area contributed by atoms with E-state index in [-0.39, 0.29) is 6.04 Å². The highest BCUT2D eigenvalue weighted by Gasteiger charge is 2.21. The Labute approximate surface area is 117 Å². The van der Waals surface area contributed by atoms with Gasteiger partial charge in [0.05, 0.1) is 10.0 Å². The van der Waals surface area contributed by atoms with E-state index in [9.17, 15) is 0 Å². The second kappa shape index (κ2) is 5.77. The van der Waals surface area contributed by atoms with Crippen molar-refractivity contribution in [3.05, 3.63) is 32.8 Å². The molecule has 1 saturated heterocycles. The summed E-state index contributed by atoms with van der Waals surface area (Å²) in [6, 6.07) is 3.82. The molecule has 17 heavy (non-hydrogen) atoms. The van der Waals surface area contributed by atoms with Crippen LogP contribution in [0.3, 0.4) is 0 Å². The Morgan fingerprint density at radius 1 is 1.18 bits per heavy atom. The van der Waals surface area contributed by atoms with Gasteiger partial charge in [0.2, 0.25) is 0 Å². The van der Waals surface area contributed by atoms with Crippen molar-refractivity contribution in [3.63, 3.8) is 0 Å². The van der Waals surface area contributed by atoms with Crippen LogP contribution in [0.4, 0.5) is 0 Å². The van der Waals surface area contributed by atoms with Gasteiger partial charge in [-0.15, -0.1) is 0 Å². The van der Waals surface area contributed by atoms with Gasteiger partial charge in [-0.1, -0.05) is 34.8 Å². The Hall–Kier alpha value is 0.01000. The normalized spacial score (nSPS) is 19.3. The maximum absolute atomic E-state index is 6.25. The van der Waals surface area contributed by atoms with Crippen LogP contribution >= 0.6 is 34.8 Å². The van der Waals surface area contributed by atoms with E-state index < -0.39 is 0 Å². The quantitative estimate of drug-likeness (QED) is 0.838. The van der Waals surface area contributed by atoms with Crippen molar-refractivity contribution in [2.24, 2.45) is 0 Å². The summed E-state index contributed by atoms with van der Waals surface area (Å²) in [5.74, 6) is 0. The lowest BCUT2D eigenvalue weighted by atomic mass is 10.1. The highest BCUT2D eigenvalue weighted by Crippen LogP contribution is 2.35. The van der Waals surface area contributed by atoms with E-state index in [1.807, 2.05) is 6.07 Å². The van der Waals surface area contributed by atoms with Crippen molar-refractivity contribution in [1.82, 2.24) is 10.2 Å². The molecule has 0 bridgehead atoms. The van der Waals surface area contributed by atoms with Crippen molar-refractivity contribution >= 4 is 34.8 Å². The van der Waals surface area contributed by atoms with Crippen molar-refractivity contribution in [3.8, 4) is 0 Å². The fraction of sp³-hybridized carbons (Fsp3) is 0.500. The molecule has 5 heteroatoms. The van der Waals surface area contributed by atoms with E-state index in [1.165, 1.54) is 0 Å². The van der Waals surface area contributed by atoms with Crippen LogP contribution in [-0.2, 0) is 0 Å². The standard InChI is InChI=1S/C12H15Cl3N2/c1-8(17-4-2-16-3-5-17)10-6-9(13)7-11(14)12(10)15/h6-8,16H,2-5H2,1H3/t8-/m1/s1. The number of halogens is 3. The van der Waals surface area contributed by atoms with Crippen molar-refractivity contribution in [1.29, 1.82) is 0 Å². The number of piperazine rings is 1. The van der Waals surface area contributed by atoms with Gasteiger partial charge >= 0.3 is 0 Å². The monoisotopic (exact) mass is 292 g/mol. The first kappa shape index (κ1) is 13.4. The third-order valence-corrected chi connectivity index (χ3v) is 4.21. The molecule has 2 nitrogen and oxygen atoms in total. The number of nitrogens with zero attached hydrogens (tertiary/aromatic N) is 1. The molecule has 0 aromatic heterocycles. The minimum Gasteiger partial charge on any atom is -0.314 e. The predicted octanol–water partition coefficient (Wildman–Crippen LogP) is 3.61. The minimum atomic E-state index is 0.237. The largest absolute Gasteiger partial charge is 0.314 e. The number of benzene rings is 1. The summed E-state index contributed by atoms with van der Waals surface area (Å²) in [6.45, 7) is 6.19. The zero-order valence-electron chi connectivity index (χ0n) is 9.64. The Bertz CT molecular complexity index is 403. The molecule has 2 rings (SSSR count). The molecule has 94 valence electrons. The fourth-order valence-corrected chi connectivity index (χ4v) is 2.92. The molecule has 1 aliphatic rings. The molecule has 1 N–H and O–H groups in total. The smallest absolute Gasteiger partial charge is 0.0641 e. The van der Waals surface area contributed by atoms with E-state index in [4.69, 9.17) is 34.8 Å². The Kier molecular flexibility index (Phi) is 4.56. The van der Waals surface area contributed by atoms with Crippen molar-refractivity contribution < 1.29 is 0 Å². The minimum absolute atomic E-state index is 0.237. The van der Waals surface area contributed by atoms with Gasteiger partial charge in [0.15, 0.2) is 0 Å². The Morgan fingerprint density at radius 3 is 2.47 bits per heavy atom. The molecule has 0 radical (unpaired) electrons. The van der Waals surface area contributed by atoms with E-state index in [2.05, 4.69) is 17.1 Å². The summed E-state index contributed by atoms with van der Waals surface area (Å²) in [6.07, 6.45) is 0. The zero-order valence-corrected chi connectivity index (χ0v) is 11.9. The summed E-state index contributed by atoms with van der Waals surface area (Å²) in [5.41, 5.74) is 1.01. The summed E-state index contributed by atoms with van der Waals surface area (Å²) in [4.78, 5) is 2.38. The molecule has 1 aromatic carbocycles. The van der Waals surface area contributed by atoms with Gasteiger partial charge < -0.3 is 5.32 Å². The predicted molar refractivity (Wildman–Crippen MR) is 74.3 cm³/mol. The number of rotatable bonds is 2. The van der Waals surface area contributed by atoms with E-state index >= 15 is 0 Å². The topological polar surface area (TPSA) is 15.3 Å². The maximum atomic E-state index is 6.25. The molecule has 1 aliphatic heterocycles. The molecule has 1 fully saturated rings. The van der Waals surface area contributed by atoms with Crippen LogP contribution in [0.5, 0.6) is 0 Å². The zero-order chi connectivity index (χ0) is 12.4. The summed E-state index contributed by atoms with van der Waals surface area (Å²) in [5, 5.41) is 5.10. The SMILES string of the molecule is C[C@H](c1cc(Cl)cc(Cl)c1Cl)N1CCNCC1. The van der Waals surface area contributed by atoms with Gasteiger partial charge in [-0.05, 0) is 24.6 Å². The van der Waals surface area contributed by atoms with Crippen LogP contribution in [0.1, 0.15) is 18.5 Å². The van der Waals surface area contributed by atoms with Crippen LogP contribution < -0.4 is 5.32 Å². The van der Waals surface area contributed by atoms with Gasteiger partial charge in [-0.25, -0.2) is 0 Å². The molecule has 0 spiro atoms. The first-order valence-electron chi connectivity index (χ1n) is 5.69. The van der Waals surface area contributed by atoms with Crippen molar-refractivity contribution in [2.75, 3.05) is 26.2 Å². The lowest BCUT2D eigenvalue weighted by Gasteiger charge is -2.33. The van der Waals surface area contributed by atoms with Gasteiger partial charge in [-0.3, -0.25) is 4.90 Å². The summed E-state index contributed by atoms with van der Waals surface area (Å²) >= 11 is 18.3. The van der Waals surface area contributed by atoms with Crippen LogP contribution in [0, 0.1) is 0 Å². The Morgan fingerprint density at radius 2 is 1.82 bits per heavy atom. The van der Waals surface area contributed by atoms with Crippen LogP contribution in [0.25, 0.3) is 0 Å². The van der Waals surface area contributed by atoms with Gasteiger partial charge in [0.25, 0.3) is 0 Å². The van der Waals surface area contributed by atoms with Crippen molar-refractivity contribution in [2.45, 2.75) is 13.0 Å². The third-order valence-electron chi connectivity index (χ3n) is 3.17. The molecule has 0 amide bonds. The molecular weight excluding hydrogens is 279 g/mol. The molecule has 0 saturated carbocycles. The van der Waals surface area contributed by atoms with Crippen LogP contribution in [0.15, 0.2) is 12.1 Å². The highest BCUT2D eigenvalue weighted by atomic mass is 35.5. The fourth-order valence-electron chi connectivity index (χ4n) is 2.15. The summed E-state index contributed by atoms with van der Waals surface area (Å²) < 4.78 is 0. The van der Waals surface area contributed by atoms with Gasteiger partial charge in [0, 0.05) is 37.2 Å². The highest BCUT2D eigenvalue weighted by molar-refractivity contribution is 6.43. The first-order chi connectivity index (χ1) is 8.09. The number of hydrogen-bond donors (Lipinski definition) is 1. The molecule has 0 aliphatic carbocycles. The third kappa shape index (κ3) is 3.07. The van der Waals surface area contributed by atoms with E-state index in [0.29, 0.717) is 15.1 Å². The Balaban J connectivity index is 2.26. The lowest BCUT2D eigenvalue weighted by Crippen LogP contribution is -2.44. The second-order valence-corrected chi connectivity index (χ2v) is 5.47. The molecule has 1 aromatic rings. The average molecular weight is 294 g/mol. The molecular formula is C12H15Cl3N2. The van der Waals surface area contributed by atoms with Crippen LogP contribution in [-0.4, -0.2) is 31.1 Å². The lowest BCUT2D eigenvalue weighted by molar-refractivity contribution is 0.185. The first-order valence-corrected chi connectivity index (χ1v) is 6.82. The number of hydrogen-bond acceptors (Lipinski definition) is 2. The summed E-state index contributed by atoms with van der Waals surface area (Å²) in [7, 11) is 0. The number of nitrogens with one attached hydrogen (secondary N) is 1. The van der Waals surface area contributed by atoms with Crippen LogP contribution in [0.2, 0.25) is 15.1 Å². The molecule has 1 atom stereocenters. The van der Waals surface area contributed by atoms with Gasteiger partial charge in [0.1, 0.15) is 0 Å². The molecule has 1 heterocycles. The molecule has 0 unspecified atom stereocenters. The van der Waals surface area contributed by atoms with Gasteiger partial charge in [-0.2, -0.15) is 0 Å². The maximum Gasteiger partial charge on any atom is 0.0641 e. The van der Waals surface area contributed by atoms with E-state index in [0.717, 1.165) is 31.7 Å². The average Bonchev–Trinajstić information content (AvgIpc) is 2.34.